The Morgan fingerprint density at radius 3 is 2.67 bits per heavy atom. The third-order valence-corrected chi connectivity index (χ3v) is 1.70. The summed E-state index contributed by atoms with van der Waals surface area (Å²) in [5, 5.41) is 2.89. The molecule has 0 spiro atoms. The van der Waals surface area contributed by atoms with E-state index in [2.05, 4.69) is 31.2 Å². The topological polar surface area (TPSA) is 54.9 Å². The number of carbonyl (C=O) groups excluding carboxylic acids is 1. The number of aryl methyl sites for hydroxylation is 1. The number of nitrogens with zero attached hydrogens (tertiary/aromatic N) is 2. The van der Waals surface area contributed by atoms with E-state index in [4.69, 9.17) is 0 Å². The van der Waals surface area contributed by atoms with Gasteiger partial charge in [0.2, 0.25) is 5.91 Å². The van der Waals surface area contributed by atoms with Crippen LogP contribution in [0.15, 0.2) is 12.4 Å². The minimum absolute atomic E-state index is 0.109. The molecular formula is C7H8BrN3O. The summed E-state index contributed by atoms with van der Waals surface area (Å²) >= 11 is 3.03. The standard InChI is InChI=1S/C7H8BrN3O/c1-5-9-3-6(4-10-5)11-7(12)2-8/h3-4H,2H2,1H3,(H,11,12). The number of amides is 1. The van der Waals surface area contributed by atoms with E-state index in [1.165, 1.54) is 0 Å². The van der Waals surface area contributed by atoms with Crippen LogP contribution in [0.5, 0.6) is 0 Å². The first kappa shape index (κ1) is 9.12. The largest absolute Gasteiger partial charge is 0.323 e. The predicted octanol–water partition coefficient (Wildman–Crippen LogP) is 1.12. The highest BCUT2D eigenvalue weighted by atomic mass is 79.9. The van der Waals surface area contributed by atoms with E-state index in [0.29, 0.717) is 11.5 Å². The van der Waals surface area contributed by atoms with Crippen molar-refractivity contribution in [1.82, 2.24) is 9.97 Å². The number of rotatable bonds is 2. The van der Waals surface area contributed by atoms with Crippen LogP contribution in [0.1, 0.15) is 5.82 Å². The maximum Gasteiger partial charge on any atom is 0.235 e. The molecule has 4 nitrogen and oxygen atoms in total. The highest BCUT2D eigenvalue weighted by Gasteiger charge is 1.98. The molecule has 0 unspecified atom stereocenters. The van der Waals surface area contributed by atoms with Crippen LogP contribution in [0.4, 0.5) is 5.69 Å². The SMILES string of the molecule is Cc1ncc(NC(=O)CBr)cn1. The second kappa shape index (κ2) is 4.15. The molecular weight excluding hydrogens is 222 g/mol. The van der Waals surface area contributed by atoms with E-state index in [9.17, 15) is 4.79 Å². The lowest BCUT2D eigenvalue weighted by molar-refractivity contribution is -0.113. The van der Waals surface area contributed by atoms with Crippen molar-refractivity contribution in [3.8, 4) is 0 Å². The van der Waals surface area contributed by atoms with Crippen LogP contribution in [0.25, 0.3) is 0 Å². The molecule has 1 heterocycles. The average molecular weight is 230 g/mol. The molecule has 0 radical (unpaired) electrons. The van der Waals surface area contributed by atoms with Gasteiger partial charge in [-0.1, -0.05) is 15.9 Å². The molecule has 0 fully saturated rings. The molecule has 5 heteroatoms. The molecule has 0 saturated carbocycles. The van der Waals surface area contributed by atoms with Crippen LogP contribution in [0, 0.1) is 6.92 Å². The third kappa shape index (κ3) is 2.58. The van der Waals surface area contributed by atoms with Gasteiger partial charge in [0.05, 0.1) is 23.4 Å². The molecule has 1 amide bonds. The lowest BCUT2D eigenvalue weighted by Crippen LogP contribution is -2.12. The molecule has 0 aliphatic heterocycles. The second-order valence-corrected chi connectivity index (χ2v) is 2.76. The molecule has 0 aliphatic carbocycles. The Morgan fingerprint density at radius 1 is 1.58 bits per heavy atom. The zero-order valence-corrected chi connectivity index (χ0v) is 8.13. The fourth-order valence-electron chi connectivity index (χ4n) is 0.652. The molecule has 0 saturated heterocycles. The van der Waals surface area contributed by atoms with Gasteiger partial charge in [-0.2, -0.15) is 0 Å². The first-order valence-corrected chi connectivity index (χ1v) is 4.49. The van der Waals surface area contributed by atoms with E-state index >= 15 is 0 Å². The maximum absolute atomic E-state index is 10.9. The van der Waals surface area contributed by atoms with Crippen molar-refractivity contribution < 1.29 is 4.79 Å². The number of hydrogen-bond acceptors (Lipinski definition) is 3. The second-order valence-electron chi connectivity index (χ2n) is 2.20. The van der Waals surface area contributed by atoms with Gasteiger partial charge in [-0.05, 0) is 6.92 Å². The maximum atomic E-state index is 10.9. The number of carbonyl (C=O) groups is 1. The fraction of sp³-hybridized carbons (Fsp3) is 0.286. The Morgan fingerprint density at radius 2 is 2.17 bits per heavy atom. The van der Waals surface area contributed by atoms with E-state index in [1.807, 2.05) is 0 Å². The van der Waals surface area contributed by atoms with Crippen LogP contribution >= 0.6 is 15.9 Å². The van der Waals surface area contributed by atoms with Crippen molar-refractivity contribution in [2.75, 3.05) is 10.6 Å². The summed E-state index contributed by atoms with van der Waals surface area (Å²) in [4.78, 5) is 18.7. The van der Waals surface area contributed by atoms with Crippen molar-refractivity contribution in [2.45, 2.75) is 6.92 Å². The summed E-state index contributed by atoms with van der Waals surface area (Å²) < 4.78 is 0. The quantitative estimate of drug-likeness (QED) is 0.774. The van der Waals surface area contributed by atoms with Gasteiger partial charge in [0.1, 0.15) is 5.82 Å². The average Bonchev–Trinajstić information content (AvgIpc) is 2.09. The minimum Gasteiger partial charge on any atom is -0.323 e. The molecule has 0 bridgehead atoms. The monoisotopic (exact) mass is 229 g/mol. The number of nitrogens with one attached hydrogen (secondary N) is 1. The number of anilines is 1. The van der Waals surface area contributed by atoms with Crippen LogP contribution in [-0.2, 0) is 4.79 Å². The Labute approximate surface area is 78.5 Å². The van der Waals surface area contributed by atoms with Crippen molar-refractivity contribution in [3.05, 3.63) is 18.2 Å². The molecule has 0 aliphatic rings. The number of hydrogen-bond donors (Lipinski definition) is 1. The molecule has 1 N–H and O–H groups in total. The van der Waals surface area contributed by atoms with Crippen molar-refractivity contribution >= 4 is 27.5 Å². The Balaban J connectivity index is 2.64. The summed E-state index contributed by atoms with van der Waals surface area (Å²) in [6, 6.07) is 0. The molecule has 64 valence electrons. The lowest BCUT2D eigenvalue weighted by Gasteiger charge is -2.00. The normalized spacial score (nSPS) is 9.50. The van der Waals surface area contributed by atoms with Gasteiger partial charge in [0, 0.05) is 0 Å². The van der Waals surface area contributed by atoms with Gasteiger partial charge in [-0.15, -0.1) is 0 Å². The number of halogens is 1. The Hall–Kier alpha value is -0.970. The van der Waals surface area contributed by atoms with Crippen LogP contribution in [-0.4, -0.2) is 21.2 Å². The van der Waals surface area contributed by atoms with Crippen LogP contribution in [0.2, 0.25) is 0 Å². The summed E-state index contributed by atoms with van der Waals surface area (Å²) in [6.45, 7) is 1.79. The van der Waals surface area contributed by atoms with Gasteiger partial charge in [-0.25, -0.2) is 9.97 Å². The number of aromatic nitrogens is 2. The molecule has 12 heavy (non-hydrogen) atoms. The van der Waals surface area contributed by atoms with Gasteiger partial charge in [-0.3, -0.25) is 4.79 Å². The van der Waals surface area contributed by atoms with Crippen LogP contribution in [0.3, 0.4) is 0 Å². The van der Waals surface area contributed by atoms with Gasteiger partial charge in [0.25, 0.3) is 0 Å². The molecule has 1 rings (SSSR count). The van der Waals surface area contributed by atoms with E-state index in [-0.39, 0.29) is 11.2 Å². The summed E-state index contributed by atoms with van der Waals surface area (Å²) in [5.74, 6) is 0.578. The van der Waals surface area contributed by atoms with Crippen molar-refractivity contribution in [3.63, 3.8) is 0 Å². The molecule has 0 atom stereocenters. The molecule has 0 aromatic carbocycles. The van der Waals surface area contributed by atoms with E-state index in [1.54, 1.807) is 19.3 Å². The Kier molecular flexibility index (Phi) is 3.16. The molecule has 1 aromatic heterocycles. The Bertz CT molecular complexity index is 272. The van der Waals surface area contributed by atoms with Crippen molar-refractivity contribution in [1.29, 1.82) is 0 Å². The van der Waals surface area contributed by atoms with Crippen molar-refractivity contribution in [2.24, 2.45) is 0 Å². The smallest absolute Gasteiger partial charge is 0.235 e. The van der Waals surface area contributed by atoms with Gasteiger partial charge in [0.15, 0.2) is 0 Å². The highest BCUT2D eigenvalue weighted by molar-refractivity contribution is 9.09. The summed E-state index contributed by atoms with van der Waals surface area (Å²) in [5.41, 5.74) is 0.616. The zero-order chi connectivity index (χ0) is 8.97. The van der Waals surface area contributed by atoms with Crippen LogP contribution < -0.4 is 5.32 Å². The lowest BCUT2D eigenvalue weighted by atomic mass is 10.5. The van der Waals surface area contributed by atoms with E-state index in [0.717, 1.165) is 0 Å². The zero-order valence-electron chi connectivity index (χ0n) is 6.54. The molecule has 1 aromatic rings. The van der Waals surface area contributed by atoms with Gasteiger partial charge < -0.3 is 5.32 Å². The third-order valence-electron chi connectivity index (χ3n) is 1.19. The summed E-state index contributed by atoms with van der Waals surface area (Å²) in [6.07, 6.45) is 3.14. The van der Waals surface area contributed by atoms with Gasteiger partial charge >= 0.3 is 0 Å². The first-order valence-electron chi connectivity index (χ1n) is 3.37. The van der Waals surface area contributed by atoms with E-state index < -0.39 is 0 Å². The number of alkyl halides is 1. The predicted molar refractivity (Wildman–Crippen MR) is 49.2 cm³/mol. The fourth-order valence-corrected chi connectivity index (χ4v) is 0.792. The first-order chi connectivity index (χ1) is 5.72. The highest BCUT2D eigenvalue weighted by Crippen LogP contribution is 2.02. The summed E-state index contributed by atoms with van der Waals surface area (Å²) in [7, 11) is 0. The minimum atomic E-state index is -0.109.